The van der Waals surface area contributed by atoms with Crippen molar-refractivity contribution in [1.29, 1.82) is 0 Å². The first kappa shape index (κ1) is 14.3. The molecule has 2 aliphatic rings. The Kier molecular flexibility index (Phi) is 2.70. The number of carbonyl (C=O) groups excluding carboxylic acids is 1. The van der Waals surface area contributed by atoms with E-state index in [1.54, 1.807) is 0 Å². The molecule has 1 amide bonds. The van der Waals surface area contributed by atoms with Gasteiger partial charge >= 0.3 is 0 Å². The van der Waals surface area contributed by atoms with Crippen LogP contribution in [0.4, 0.5) is 0 Å². The predicted octanol–water partition coefficient (Wildman–Crippen LogP) is 4.44. The predicted molar refractivity (Wildman–Crippen MR) is 96.2 cm³/mol. The first-order valence-electron chi connectivity index (χ1n) is 8.43. The third kappa shape index (κ3) is 1.67. The molecule has 0 bridgehead atoms. The van der Waals surface area contributed by atoms with Gasteiger partial charge in [-0.25, -0.2) is 0 Å². The summed E-state index contributed by atoms with van der Waals surface area (Å²) >= 11 is 0. The summed E-state index contributed by atoms with van der Waals surface area (Å²) in [5.74, 6) is 1.55. The summed E-state index contributed by atoms with van der Waals surface area (Å²) in [6.07, 6.45) is 0. The van der Waals surface area contributed by atoms with Crippen LogP contribution < -0.4 is 10.1 Å². The van der Waals surface area contributed by atoms with Gasteiger partial charge in [0.05, 0.1) is 0 Å². The van der Waals surface area contributed by atoms with Crippen molar-refractivity contribution < 1.29 is 9.53 Å². The molecule has 1 atom stereocenters. The van der Waals surface area contributed by atoms with Gasteiger partial charge in [0.1, 0.15) is 17.0 Å². The van der Waals surface area contributed by atoms with Crippen molar-refractivity contribution in [2.75, 3.05) is 0 Å². The van der Waals surface area contributed by atoms with Crippen LogP contribution in [0.5, 0.6) is 11.5 Å². The van der Waals surface area contributed by atoms with Crippen LogP contribution in [0.2, 0.25) is 0 Å². The Morgan fingerprint density at radius 1 is 0.840 bits per heavy atom. The Morgan fingerprint density at radius 2 is 1.56 bits per heavy atom. The van der Waals surface area contributed by atoms with E-state index < -0.39 is 5.54 Å². The first-order chi connectivity index (χ1) is 12.1. The van der Waals surface area contributed by atoms with E-state index in [0.29, 0.717) is 0 Å². The highest BCUT2D eigenvalue weighted by molar-refractivity contribution is 6.02. The van der Waals surface area contributed by atoms with Crippen LogP contribution >= 0.6 is 0 Å². The van der Waals surface area contributed by atoms with Gasteiger partial charge in [-0.05, 0) is 48.7 Å². The number of amides is 1. The average Bonchev–Trinajstić information content (AvgIpc) is 2.92. The van der Waals surface area contributed by atoms with Gasteiger partial charge in [-0.1, -0.05) is 42.5 Å². The lowest BCUT2D eigenvalue weighted by Gasteiger charge is -2.39. The Bertz CT molecular complexity index is 1050. The fraction of sp³-hybridized carbons (Fsp3) is 0.136. The number of fused-ring (bicyclic) bond motifs is 6. The highest BCUT2D eigenvalue weighted by atomic mass is 16.5. The molecule has 1 unspecified atom stereocenters. The number of hydrogen-bond donors (Lipinski definition) is 1. The van der Waals surface area contributed by atoms with Crippen molar-refractivity contribution in [2.45, 2.75) is 19.4 Å². The summed E-state index contributed by atoms with van der Waals surface area (Å²) in [5, 5.41) is 3.30. The van der Waals surface area contributed by atoms with Gasteiger partial charge in [0, 0.05) is 16.7 Å². The second-order valence-corrected chi connectivity index (χ2v) is 6.73. The van der Waals surface area contributed by atoms with Gasteiger partial charge in [-0.3, -0.25) is 4.79 Å². The van der Waals surface area contributed by atoms with E-state index in [4.69, 9.17) is 4.74 Å². The second kappa shape index (κ2) is 4.73. The summed E-state index contributed by atoms with van der Waals surface area (Å²) in [7, 11) is 0. The minimum atomic E-state index is -0.700. The molecule has 2 heterocycles. The normalized spacial score (nSPS) is 19.7. The molecule has 0 saturated carbocycles. The van der Waals surface area contributed by atoms with E-state index in [9.17, 15) is 4.79 Å². The van der Waals surface area contributed by atoms with Gasteiger partial charge in [0.2, 0.25) is 0 Å². The van der Waals surface area contributed by atoms with Gasteiger partial charge in [-0.2, -0.15) is 0 Å². The third-order valence-corrected chi connectivity index (χ3v) is 5.46. The van der Waals surface area contributed by atoms with Crippen molar-refractivity contribution >= 4 is 5.91 Å². The summed E-state index contributed by atoms with van der Waals surface area (Å²) in [6, 6.07) is 19.9. The number of benzene rings is 3. The summed E-state index contributed by atoms with van der Waals surface area (Å²) < 4.78 is 6.20. The summed E-state index contributed by atoms with van der Waals surface area (Å²) in [5.41, 5.74) is 5.35. The quantitative estimate of drug-likeness (QED) is 0.663. The standard InChI is InChI=1S/C22H17NO2/c1-13-11-12-19-20(14(13)2)22(17-9-5-6-10-18(17)25-19)16-8-4-3-7-15(16)21(24)23-22/h3-12H,1-2H3,(H,23,24). The van der Waals surface area contributed by atoms with E-state index in [0.717, 1.165) is 39.3 Å². The van der Waals surface area contributed by atoms with Crippen LogP contribution in [0.15, 0.2) is 60.7 Å². The molecular weight excluding hydrogens is 310 g/mol. The molecule has 5 rings (SSSR count). The molecule has 3 aromatic carbocycles. The van der Waals surface area contributed by atoms with Crippen LogP contribution in [0.25, 0.3) is 0 Å². The highest BCUT2D eigenvalue weighted by Crippen LogP contribution is 2.54. The SMILES string of the molecule is Cc1ccc2c(c1C)C1(NC(=O)c3ccccc31)c1ccccc1O2. The topological polar surface area (TPSA) is 38.3 Å². The van der Waals surface area contributed by atoms with Crippen molar-refractivity contribution in [3.05, 3.63) is 94.0 Å². The minimum absolute atomic E-state index is 0.0424. The molecule has 1 N–H and O–H groups in total. The fourth-order valence-corrected chi connectivity index (χ4v) is 4.18. The average molecular weight is 327 g/mol. The number of carbonyl (C=O) groups is 1. The number of aryl methyl sites for hydroxylation is 1. The van der Waals surface area contributed by atoms with E-state index in [-0.39, 0.29) is 5.91 Å². The number of para-hydroxylation sites is 1. The Morgan fingerprint density at radius 3 is 2.40 bits per heavy atom. The zero-order chi connectivity index (χ0) is 17.2. The minimum Gasteiger partial charge on any atom is -0.457 e. The highest BCUT2D eigenvalue weighted by Gasteiger charge is 2.51. The first-order valence-corrected chi connectivity index (χ1v) is 8.43. The summed E-state index contributed by atoms with van der Waals surface area (Å²) in [4.78, 5) is 12.8. The zero-order valence-corrected chi connectivity index (χ0v) is 14.1. The zero-order valence-electron chi connectivity index (χ0n) is 14.1. The molecule has 1 spiro atoms. The van der Waals surface area contributed by atoms with Gasteiger partial charge in [0.15, 0.2) is 0 Å². The Hall–Kier alpha value is -3.07. The van der Waals surface area contributed by atoms with E-state index >= 15 is 0 Å². The van der Waals surface area contributed by atoms with Crippen LogP contribution in [0.1, 0.15) is 38.2 Å². The maximum absolute atomic E-state index is 12.8. The second-order valence-electron chi connectivity index (χ2n) is 6.73. The van der Waals surface area contributed by atoms with Crippen molar-refractivity contribution in [3.8, 4) is 11.5 Å². The molecule has 0 aromatic heterocycles. The number of ether oxygens (including phenoxy) is 1. The largest absolute Gasteiger partial charge is 0.457 e. The van der Waals surface area contributed by atoms with Crippen LogP contribution in [-0.2, 0) is 5.54 Å². The third-order valence-electron chi connectivity index (χ3n) is 5.46. The van der Waals surface area contributed by atoms with Crippen LogP contribution in [0.3, 0.4) is 0 Å². The Balaban J connectivity index is 1.96. The molecule has 25 heavy (non-hydrogen) atoms. The van der Waals surface area contributed by atoms with Gasteiger partial charge in [0.25, 0.3) is 5.91 Å². The smallest absolute Gasteiger partial charge is 0.252 e. The van der Waals surface area contributed by atoms with E-state index in [1.807, 2.05) is 54.6 Å². The van der Waals surface area contributed by atoms with Crippen LogP contribution in [-0.4, -0.2) is 5.91 Å². The molecule has 3 nitrogen and oxygen atoms in total. The van der Waals surface area contributed by atoms with E-state index in [2.05, 4.69) is 25.2 Å². The lowest BCUT2D eigenvalue weighted by Crippen LogP contribution is -2.44. The molecular formula is C22H17NO2. The molecule has 0 fully saturated rings. The maximum atomic E-state index is 12.8. The molecule has 3 heteroatoms. The van der Waals surface area contributed by atoms with E-state index in [1.165, 1.54) is 5.56 Å². The Labute approximate surface area is 146 Å². The molecule has 0 radical (unpaired) electrons. The van der Waals surface area contributed by atoms with Crippen molar-refractivity contribution in [3.63, 3.8) is 0 Å². The van der Waals surface area contributed by atoms with Crippen molar-refractivity contribution in [1.82, 2.24) is 5.32 Å². The lowest BCUT2D eigenvalue weighted by atomic mass is 9.73. The molecule has 2 aliphatic heterocycles. The monoisotopic (exact) mass is 327 g/mol. The number of nitrogens with one attached hydrogen (secondary N) is 1. The molecule has 0 aliphatic carbocycles. The van der Waals surface area contributed by atoms with Gasteiger partial charge < -0.3 is 10.1 Å². The number of hydrogen-bond acceptors (Lipinski definition) is 2. The molecule has 3 aromatic rings. The van der Waals surface area contributed by atoms with Crippen LogP contribution in [0, 0.1) is 13.8 Å². The molecule has 0 saturated heterocycles. The van der Waals surface area contributed by atoms with Gasteiger partial charge in [-0.15, -0.1) is 0 Å². The fourth-order valence-electron chi connectivity index (χ4n) is 4.18. The maximum Gasteiger partial charge on any atom is 0.252 e. The van der Waals surface area contributed by atoms with Crippen molar-refractivity contribution in [2.24, 2.45) is 0 Å². The summed E-state index contributed by atoms with van der Waals surface area (Å²) in [6.45, 7) is 4.19. The number of rotatable bonds is 0. The lowest BCUT2D eigenvalue weighted by molar-refractivity contribution is 0.0946. The molecule has 122 valence electrons.